The minimum absolute atomic E-state index is 0. The summed E-state index contributed by atoms with van der Waals surface area (Å²) in [5.41, 5.74) is 15.3. The summed E-state index contributed by atoms with van der Waals surface area (Å²) in [6, 6.07) is 14.2. The number of esters is 1. The summed E-state index contributed by atoms with van der Waals surface area (Å²) in [6.07, 6.45) is 0.341. The van der Waals surface area contributed by atoms with E-state index in [2.05, 4.69) is 5.32 Å². The monoisotopic (exact) mass is 440 g/mol. The Morgan fingerprint density at radius 2 is 1.86 bits per heavy atom. The van der Waals surface area contributed by atoms with E-state index in [4.69, 9.17) is 16.2 Å². The van der Waals surface area contributed by atoms with Gasteiger partial charge in [0.25, 0.3) is 0 Å². The molecule has 0 aromatic heterocycles. The van der Waals surface area contributed by atoms with Gasteiger partial charge in [0.05, 0.1) is 13.2 Å². The molecule has 29 heavy (non-hydrogen) atoms. The van der Waals surface area contributed by atoms with Crippen molar-refractivity contribution in [2.75, 3.05) is 18.6 Å². The molecule has 1 fully saturated rings. The summed E-state index contributed by atoms with van der Waals surface area (Å²) in [6.45, 7) is 0.923. The van der Waals surface area contributed by atoms with Crippen LogP contribution in [0.4, 0.5) is 10.5 Å². The summed E-state index contributed by atoms with van der Waals surface area (Å²) < 4.78 is 4.73. The number of anilines is 1. The lowest BCUT2D eigenvalue weighted by Gasteiger charge is -2.26. The molecule has 2 amide bonds. The van der Waals surface area contributed by atoms with Gasteiger partial charge in [0.1, 0.15) is 6.04 Å². The lowest BCUT2D eigenvalue weighted by Crippen LogP contribution is -2.35. The van der Waals surface area contributed by atoms with Crippen LogP contribution in [0.2, 0.25) is 0 Å². The Labute approximate surface area is 182 Å². The molecule has 3 rings (SSSR count). The number of hydrogen-bond donors (Lipinski definition) is 3. The van der Waals surface area contributed by atoms with E-state index in [1.165, 1.54) is 7.11 Å². The van der Waals surface area contributed by atoms with Crippen molar-refractivity contribution >= 4 is 42.5 Å². The van der Waals surface area contributed by atoms with Crippen LogP contribution in [0.25, 0.3) is 0 Å². The Hall–Kier alpha value is -2.32. The molecular formula is C20H26Cl2N4O3. The Morgan fingerprint density at radius 1 is 1.21 bits per heavy atom. The first-order valence-electron chi connectivity index (χ1n) is 8.82. The average Bonchev–Trinajstić information content (AvgIpc) is 3.09. The molecule has 1 aliphatic heterocycles. The second-order valence-electron chi connectivity index (χ2n) is 6.48. The van der Waals surface area contributed by atoms with Crippen molar-refractivity contribution in [2.45, 2.75) is 25.0 Å². The number of halogens is 2. The van der Waals surface area contributed by atoms with E-state index in [0.717, 1.165) is 22.4 Å². The van der Waals surface area contributed by atoms with Gasteiger partial charge in [-0.05, 0) is 35.2 Å². The Bertz CT molecular complexity index is 833. The largest absolute Gasteiger partial charge is 0.468 e. The fraction of sp³-hybridized carbons (Fsp3) is 0.300. The SMILES string of the molecule is COC(=O)C(N)Cc1ccccc1C1CNC(=O)N1c1ccc(CN)cc1.Cl.Cl. The van der Waals surface area contributed by atoms with Crippen LogP contribution < -0.4 is 21.7 Å². The average molecular weight is 441 g/mol. The highest BCUT2D eigenvalue weighted by Gasteiger charge is 2.34. The van der Waals surface area contributed by atoms with Gasteiger partial charge in [0.2, 0.25) is 0 Å². The number of carbonyl (C=O) groups is 2. The number of hydrogen-bond acceptors (Lipinski definition) is 5. The fourth-order valence-corrected chi connectivity index (χ4v) is 3.36. The summed E-state index contributed by atoms with van der Waals surface area (Å²) >= 11 is 0. The second kappa shape index (κ2) is 11.0. The van der Waals surface area contributed by atoms with E-state index in [0.29, 0.717) is 19.5 Å². The summed E-state index contributed by atoms with van der Waals surface area (Å²) in [7, 11) is 1.32. The van der Waals surface area contributed by atoms with Crippen molar-refractivity contribution in [3.05, 3.63) is 65.2 Å². The summed E-state index contributed by atoms with van der Waals surface area (Å²) in [4.78, 5) is 25.9. The van der Waals surface area contributed by atoms with Crippen molar-refractivity contribution in [3.63, 3.8) is 0 Å². The first-order valence-corrected chi connectivity index (χ1v) is 8.82. The molecule has 2 unspecified atom stereocenters. The van der Waals surface area contributed by atoms with Gasteiger partial charge in [-0.15, -0.1) is 24.8 Å². The van der Waals surface area contributed by atoms with Crippen LogP contribution in [0.3, 0.4) is 0 Å². The Morgan fingerprint density at radius 3 is 2.48 bits per heavy atom. The Kier molecular flexibility index (Phi) is 9.39. The molecule has 9 heteroatoms. The first-order chi connectivity index (χ1) is 13.0. The lowest BCUT2D eigenvalue weighted by atomic mass is 9.95. The van der Waals surface area contributed by atoms with Crippen LogP contribution in [-0.2, 0) is 22.5 Å². The van der Waals surface area contributed by atoms with E-state index < -0.39 is 12.0 Å². The number of rotatable bonds is 6. The number of amides is 2. The number of urea groups is 1. The molecule has 7 nitrogen and oxygen atoms in total. The van der Waals surface area contributed by atoms with Gasteiger partial charge in [-0.1, -0.05) is 36.4 Å². The van der Waals surface area contributed by atoms with Crippen LogP contribution in [-0.4, -0.2) is 31.7 Å². The molecule has 2 aromatic carbocycles. The maximum atomic E-state index is 12.5. The van der Waals surface area contributed by atoms with Gasteiger partial charge in [-0.2, -0.15) is 0 Å². The molecule has 0 radical (unpaired) electrons. The van der Waals surface area contributed by atoms with Gasteiger partial charge >= 0.3 is 12.0 Å². The molecule has 0 saturated carbocycles. The molecule has 2 aromatic rings. The van der Waals surface area contributed by atoms with Gasteiger partial charge < -0.3 is 21.5 Å². The molecular weight excluding hydrogens is 415 g/mol. The van der Waals surface area contributed by atoms with E-state index in [-0.39, 0.29) is 36.9 Å². The number of carbonyl (C=O) groups excluding carboxylic acids is 2. The third-order valence-corrected chi connectivity index (χ3v) is 4.79. The summed E-state index contributed by atoms with van der Waals surface area (Å²) in [5, 5.41) is 2.90. The standard InChI is InChI=1S/C20H24N4O3.2ClH/c1-27-19(25)17(22)10-14-4-2-3-5-16(14)18-12-23-20(26)24(18)15-8-6-13(11-21)7-9-15;;/h2-9,17-18H,10-12,21-22H2,1H3,(H,23,26);2*1H. The predicted molar refractivity (Wildman–Crippen MR) is 118 cm³/mol. The van der Waals surface area contributed by atoms with Crippen LogP contribution >= 0.6 is 24.8 Å². The van der Waals surface area contributed by atoms with Crippen molar-refractivity contribution in [1.82, 2.24) is 5.32 Å². The van der Waals surface area contributed by atoms with Crippen LogP contribution in [0.5, 0.6) is 0 Å². The van der Waals surface area contributed by atoms with E-state index in [9.17, 15) is 9.59 Å². The molecule has 1 aliphatic rings. The zero-order valence-corrected chi connectivity index (χ0v) is 17.7. The lowest BCUT2D eigenvalue weighted by molar-refractivity contribution is -0.142. The first kappa shape index (κ1) is 24.7. The third kappa shape index (κ3) is 5.39. The zero-order valence-electron chi connectivity index (χ0n) is 16.0. The normalized spacial score (nSPS) is 16.3. The summed E-state index contributed by atoms with van der Waals surface area (Å²) in [5.74, 6) is -0.459. The van der Waals surface area contributed by atoms with E-state index >= 15 is 0 Å². The maximum absolute atomic E-state index is 12.5. The smallest absolute Gasteiger partial charge is 0.322 e. The highest BCUT2D eigenvalue weighted by atomic mass is 35.5. The van der Waals surface area contributed by atoms with Crippen molar-refractivity contribution in [3.8, 4) is 0 Å². The number of nitrogens with zero attached hydrogens (tertiary/aromatic N) is 1. The van der Waals surface area contributed by atoms with Gasteiger partial charge in [-0.3, -0.25) is 9.69 Å². The Balaban J connectivity index is 0.00000210. The van der Waals surface area contributed by atoms with Crippen molar-refractivity contribution in [2.24, 2.45) is 11.5 Å². The van der Waals surface area contributed by atoms with Crippen LogP contribution in [0.1, 0.15) is 22.7 Å². The fourth-order valence-electron chi connectivity index (χ4n) is 3.36. The van der Waals surface area contributed by atoms with E-state index in [1.54, 1.807) is 4.90 Å². The zero-order chi connectivity index (χ0) is 19.4. The minimum Gasteiger partial charge on any atom is -0.468 e. The third-order valence-electron chi connectivity index (χ3n) is 4.79. The molecule has 0 bridgehead atoms. The topological polar surface area (TPSA) is 111 Å². The molecule has 1 saturated heterocycles. The maximum Gasteiger partial charge on any atom is 0.322 e. The van der Waals surface area contributed by atoms with Gasteiger partial charge in [-0.25, -0.2) is 4.79 Å². The molecule has 0 aliphatic carbocycles. The quantitative estimate of drug-likeness (QED) is 0.596. The van der Waals surface area contributed by atoms with E-state index in [1.807, 2.05) is 48.5 Å². The van der Waals surface area contributed by atoms with Crippen molar-refractivity contribution < 1.29 is 14.3 Å². The van der Waals surface area contributed by atoms with Crippen LogP contribution in [0, 0.1) is 0 Å². The molecule has 1 heterocycles. The predicted octanol–water partition coefficient (Wildman–Crippen LogP) is 2.30. The van der Waals surface area contributed by atoms with Crippen LogP contribution in [0.15, 0.2) is 48.5 Å². The molecule has 5 N–H and O–H groups in total. The highest BCUT2D eigenvalue weighted by Crippen LogP contribution is 2.32. The number of ether oxygens (including phenoxy) is 1. The highest BCUT2D eigenvalue weighted by molar-refractivity contribution is 5.95. The number of benzene rings is 2. The minimum atomic E-state index is -0.751. The van der Waals surface area contributed by atoms with Gasteiger partial charge in [0, 0.05) is 18.8 Å². The number of nitrogens with two attached hydrogens (primary N) is 2. The van der Waals surface area contributed by atoms with Crippen molar-refractivity contribution in [1.29, 1.82) is 0 Å². The number of methoxy groups -OCH3 is 1. The number of nitrogens with one attached hydrogen (secondary N) is 1. The molecule has 158 valence electrons. The molecule has 2 atom stereocenters. The van der Waals surface area contributed by atoms with Gasteiger partial charge in [0.15, 0.2) is 0 Å². The second-order valence-corrected chi connectivity index (χ2v) is 6.48. The molecule has 0 spiro atoms.